The fourth-order valence-corrected chi connectivity index (χ4v) is 7.25. The number of carbonyl (C=O) groups excluding carboxylic acids is 1. The molecule has 2 N–H and O–H groups in total. The van der Waals surface area contributed by atoms with Crippen LogP contribution in [-0.4, -0.2) is 33.0 Å². The second-order valence-electron chi connectivity index (χ2n) is 10.7. The molecule has 3 aromatic carbocycles. The summed E-state index contributed by atoms with van der Waals surface area (Å²) >= 11 is 0. The molecule has 0 saturated heterocycles. The monoisotopic (exact) mass is 586 g/mol. The smallest absolute Gasteiger partial charge is 0.416 e. The summed E-state index contributed by atoms with van der Waals surface area (Å²) in [4.78, 5) is 12.3. The largest absolute Gasteiger partial charge is 0.469 e. The molecular weight excluding hydrogens is 553 g/mol. The Balaban J connectivity index is 1.75. The van der Waals surface area contributed by atoms with Crippen LogP contribution in [0.3, 0.4) is 0 Å². The molecule has 0 radical (unpaired) electrons. The Morgan fingerprint density at radius 3 is 2.49 bits per heavy atom. The first-order valence-corrected chi connectivity index (χ1v) is 14.6. The van der Waals surface area contributed by atoms with Gasteiger partial charge < -0.3 is 4.74 Å². The van der Waals surface area contributed by atoms with E-state index >= 15 is 0 Å². The number of rotatable bonds is 6. The third-order valence-electron chi connectivity index (χ3n) is 7.63. The molecule has 0 fully saturated rings. The van der Waals surface area contributed by atoms with Gasteiger partial charge in [0, 0.05) is 19.0 Å². The molecular formula is C31H33F3N2O4S. The van der Waals surface area contributed by atoms with Crippen LogP contribution in [0, 0.1) is 31.1 Å². The third-order valence-corrected chi connectivity index (χ3v) is 9.60. The van der Waals surface area contributed by atoms with Gasteiger partial charge in [0.25, 0.3) is 0 Å². The van der Waals surface area contributed by atoms with Crippen molar-refractivity contribution in [2.75, 3.05) is 13.7 Å². The minimum Gasteiger partial charge on any atom is -0.469 e. The number of aryl methyl sites for hydroxylation is 2. The van der Waals surface area contributed by atoms with Crippen LogP contribution >= 0.6 is 10.8 Å². The van der Waals surface area contributed by atoms with E-state index in [0.29, 0.717) is 17.5 Å². The Morgan fingerprint density at radius 2 is 1.85 bits per heavy atom. The van der Waals surface area contributed by atoms with Gasteiger partial charge in [0.1, 0.15) is 0 Å². The second-order valence-corrected chi connectivity index (χ2v) is 12.7. The lowest BCUT2D eigenvalue weighted by molar-refractivity contribution is -0.141. The van der Waals surface area contributed by atoms with Crippen LogP contribution in [0.25, 0.3) is 0 Å². The van der Waals surface area contributed by atoms with Gasteiger partial charge in [-0.05, 0) is 83.8 Å². The zero-order chi connectivity index (χ0) is 30.1. The molecule has 2 atom stereocenters. The van der Waals surface area contributed by atoms with Gasteiger partial charge in [-0.3, -0.25) is 13.9 Å². The first-order chi connectivity index (χ1) is 19.2. The van der Waals surface area contributed by atoms with E-state index in [1.54, 1.807) is 12.1 Å². The van der Waals surface area contributed by atoms with E-state index in [1.807, 2.05) is 45.0 Å². The molecule has 1 heterocycles. The minimum atomic E-state index is -4.61. The van der Waals surface area contributed by atoms with Gasteiger partial charge in [-0.25, -0.2) is 0 Å². The van der Waals surface area contributed by atoms with E-state index in [4.69, 9.17) is 4.74 Å². The van der Waals surface area contributed by atoms with Crippen molar-refractivity contribution < 1.29 is 31.8 Å². The van der Waals surface area contributed by atoms with E-state index < -0.39 is 34.4 Å². The van der Waals surface area contributed by atoms with Gasteiger partial charge in [-0.15, -0.1) is 10.8 Å². The Bertz CT molecular complexity index is 1500. The van der Waals surface area contributed by atoms with Crippen LogP contribution < -0.4 is 0 Å². The van der Waals surface area contributed by atoms with Gasteiger partial charge in [0.15, 0.2) is 0 Å². The van der Waals surface area contributed by atoms with E-state index in [2.05, 4.69) is 6.07 Å². The van der Waals surface area contributed by atoms with Crippen molar-refractivity contribution in [2.24, 2.45) is 5.92 Å². The normalized spacial score (nSPS) is 18.5. The van der Waals surface area contributed by atoms with Crippen molar-refractivity contribution in [3.05, 3.63) is 99.1 Å². The van der Waals surface area contributed by atoms with Crippen LogP contribution in [0.4, 0.5) is 13.2 Å². The lowest BCUT2D eigenvalue weighted by Gasteiger charge is -2.43. The number of methoxy groups -OCH3 is 1. The van der Waals surface area contributed by atoms with Crippen LogP contribution in [0.1, 0.15) is 63.8 Å². The number of fused-ring (bicyclic) bond motifs is 1. The highest BCUT2D eigenvalue weighted by Crippen LogP contribution is 2.57. The summed E-state index contributed by atoms with van der Waals surface area (Å²) in [5.74, 6) is -0.850. The zero-order valence-electron chi connectivity index (χ0n) is 23.3. The summed E-state index contributed by atoms with van der Waals surface area (Å²) in [6.45, 7) is 6.03. The predicted molar refractivity (Wildman–Crippen MR) is 151 cm³/mol. The number of esters is 1. The number of benzene rings is 3. The number of ether oxygens (including phenoxy) is 1. The number of halogens is 3. The minimum absolute atomic E-state index is 0.0454. The highest BCUT2D eigenvalue weighted by Gasteiger charge is 2.37. The summed E-state index contributed by atoms with van der Waals surface area (Å²) in [5, 5.41) is 9.29. The summed E-state index contributed by atoms with van der Waals surface area (Å²) in [5.41, 5.74) is 4.17. The fourth-order valence-electron chi connectivity index (χ4n) is 5.40. The first-order valence-electron chi connectivity index (χ1n) is 13.1. The van der Waals surface area contributed by atoms with E-state index in [-0.39, 0.29) is 30.3 Å². The SMILES string of the molecule is COC(=O)CC(c1ccc(C)c(CN2CC(C)Cc3ccc(C(F)(F)F)cc3S2(O)O)c1)c1ccc(C#N)cc1C. The zero-order valence-corrected chi connectivity index (χ0v) is 24.1. The average Bonchev–Trinajstić information content (AvgIpc) is 3.00. The molecule has 41 heavy (non-hydrogen) atoms. The third kappa shape index (κ3) is 6.60. The van der Waals surface area contributed by atoms with Gasteiger partial charge in [-0.1, -0.05) is 37.3 Å². The van der Waals surface area contributed by atoms with Crippen molar-refractivity contribution in [3.63, 3.8) is 0 Å². The van der Waals surface area contributed by atoms with Crippen LogP contribution in [-0.2, 0) is 28.7 Å². The van der Waals surface area contributed by atoms with Gasteiger partial charge in [-0.2, -0.15) is 22.7 Å². The number of carbonyl (C=O) groups is 1. The average molecular weight is 587 g/mol. The van der Waals surface area contributed by atoms with Gasteiger partial charge in [0.05, 0.1) is 35.6 Å². The molecule has 0 bridgehead atoms. The highest BCUT2D eigenvalue weighted by atomic mass is 32.3. The molecule has 4 rings (SSSR count). The van der Waals surface area contributed by atoms with Crippen LogP contribution in [0.15, 0.2) is 59.5 Å². The second kappa shape index (κ2) is 11.9. The summed E-state index contributed by atoms with van der Waals surface area (Å²) in [6, 6.07) is 16.3. The molecule has 218 valence electrons. The topological polar surface area (TPSA) is 93.8 Å². The Labute approximate surface area is 239 Å². The van der Waals surface area contributed by atoms with E-state index in [9.17, 15) is 32.3 Å². The lowest BCUT2D eigenvalue weighted by Crippen LogP contribution is -2.30. The summed E-state index contributed by atoms with van der Waals surface area (Å²) < 4.78 is 69.8. The molecule has 1 aliphatic rings. The Kier molecular flexibility index (Phi) is 8.85. The van der Waals surface area contributed by atoms with Gasteiger partial charge in [0.2, 0.25) is 0 Å². The first kappa shape index (κ1) is 30.6. The van der Waals surface area contributed by atoms with Crippen molar-refractivity contribution in [1.82, 2.24) is 4.31 Å². The number of nitriles is 1. The number of nitrogens with zero attached hydrogens (tertiary/aromatic N) is 2. The summed E-state index contributed by atoms with van der Waals surface area (Å²) in [7, 11) is -2.43. The standard InChI is InChI=1S/C31H33F3N2O4S/c1-19-11-24-8-9-26(31(32,33)34)14-29(24)41(38,39)36(17-19)18-25-13-23(7-5-20(25)2)28(15-30(37)40-4)27-10-6-22(16-35)12-21(27)3/h5-10,12-14,19,28,38-39H,11,15,17-18H2,1-4H3. The van der Waals surface area contributed by atoms with E-state index in [0.717, 1.165) is 39.9 Å². The maximum atomic E-state index is 13.5. The number of alkyl halides is 3. The fraction of sp³-hybridized carbons (Fsp3) is 0.355. The molecule has 6 nitrogen and oxygen atoms in total. The molecule has 0 spiro atoms. The molecule has 1 aliphatic heterocycles. The molecule has 3 aromatic rings. The number of hydrogen-bond donors (Lipinski definition) is 2. The molecule has 2 unspecified atom stereocenters. The maximum Gasteiger partial charge on any atom is 0.416 e. The molecule has 0 aromatic heterocycles. The van der Waals surface area contributed by atoms with Crippen molar-refractivity contribution in [3.8, 4) is 6.07 Å². The summed E-state index contributed by atoms with van der Waals surface area (Å²) in [6.07, 6.45) is -4.15. The molecule has 0 aliphatic carbocycles. The maximum absolute atomic E-state index is 13.5. The Morgan fingerprint density at radius 1 is 1.12 bits per heavy atom. The molecule has 10 heteroatoms. The van der Waals surface area contributed by atoms with Crippen LogP contribution in [0.2, 0.25) is 0 Å². The Hall–Kier alpha value is -3.36. The number of hydrogen-bond acceptors (Lipinski definition) is 6. The lowest BCUT2D eigenvalue weighted by atomic mass is 9.84. The highest BCUT2D eigenvalue weighted by molar-refractivity contribution is 8.22. The van der Waals surface area contributed by atoms with Crippen molar-refractivity contribution in [2.45, 2.75) is 57.1 Å². The van der Waals surface area contributed by atoms with E-state index in [1.165, 1.54) is 17.5 Å². The molecule has 0 amide bonds. The van der Waals surface area contributed by atoms with Crippen molar-refractivity contribution in [1.29, 1.82) is 5.26 Å². The molecule has 0 saturated carbocycles. The van der Waals surface area contributed by atoms with Crippen molar-refractivity contribution >= 4 is 16.7 Å². The van der Waals surface area contributed by atoms with Crippen LogP contribution in [0.5, 0.6) is 0 Å². The van der Waals surface area contributed by atoms with Gasteiger partial charge >= 0.3 is 12.1 Å². The predicted octanol–water partition coefficient (Wildman–Crippen LogP) is 7.61. The quantitative estimate of drug-likeness (QED) is 0.289.